The minimum absolute atomic E-state index is 0.0125. The Kier molecular flexibility index (Phi) is 27.7. The highest BCUT2D eigenvalue weighted by Crippen LogP contribution is 2.49. The molecular weight excluding hydrogens is 1350 g/mol. The van der Waals surface area contributed by atoms with E-state index in [0.29, 0.717) is 54.4 Å². The highest BCUT2D eigenvalue weighted by atomic mass is 79.9. The highest BCUT2D eigenvalue weighted by Gasteiger charge is 2.64. The zero-order valence-corrected chi connectivity index (χ0v) is 56.4. The highest BCUT2D eigenvalue weighted by molar-refractivity contribution is 9.09. The molecule has 91 heavy (non-hydrogen) atoms. The van der Waals surface area contributed by atoms with Crippen molar-refractivity contribution in [2.75, 3.05) is 62.3 Å². The van der Waals surface area contributed by atoms with E-state index in [1.807, 2.05) is 6.92 Å². The first-order valence-electron chi connectivity index (χ1n) is 29.6. The summed E-state index contributed by atoms with van der Waals surface area (Å²) >= 11 is 13.4. The molecule has 2 aromatic rings. The first-order valence-corrected chi connectivity index (χ1v) is 32.2. The number of urea groups is 1. The molecule has 3 aliphatic heterocycles. The van der Waals surface area contributed by atoms with Crippen LogP contribution < -0.4 is 47.3 Å². The third kappa shape index (κ3) is 20.1. The van der Waals surface area contributed by atoms with Gasteiger partial charge in [-0.25, -0.2) is 14.4 Å². The van der Waals surface area contributed by atoms with Gasteiger partial charge in [0.25, 0.3) is 5.91 Å². The molecule has 2 fully saturated rings. The summed E-state index contributed by atoms with van der Waals surface area (Å²) in [5.41, 5.74) is 0.619. The van der Waals surface area contributed by atoms with Gasteiger partial charge in [-0.05, 0) is 101 Å². The quantitative estimate of drug-likeness (QED) is 0.0162. The largest absolute Gasteiger partial charge is 0.495 e. The van der Waals surface area contributed by atoms with Gasteiger partial charge in [0.05, 0.1) is 54.6 Å². The minimum Gasteiger partial charge on any atom is -0.495 e. The van der Waals surface area contributed by atoms with Crippen LogP contribution >= 0.6 is 43.5 Å². The maximum Gasteiger partial charge on any atom is 0.418 e. The Labute approximate surface area is 548 Å². The molecule has 1 unspecified atom stereocenters. The summed E-state index contributed by atoms with van der Waals surface area (Å²) in [4.78, 5) is 122. The summed E-state index contributed by atoms with van der Waals surface area (Å²) in [6, 6.07) is -0.199. The molecule has 9 N–H and O–H groups in total. The summed E-state index contributed by atoms with van der Waals surface area (Å²) in [7, 11) is 5.37. The summed E-state index contributed by atoms with van der Waals surface area (Å²) in [6.07, 6.45) is -4.33. The van der Waals surface area contributed by atoms with E-state index in [2.05, 4.69) is 63.8 Å². The molecule has 5 rings (SSSR count). The number of likely N-dealkylation sites (N-methyl/N-ethyl adjacent to an activating group) is 1. The maximum absolute atomic E-state index is 15.1. The van der Waals surface area contributed by atoms with E-state index in [4.69, 9.17) is 41.0 Å². The zero-order valence-electron chi connectivity index (χ0n) is 52.4. The molecule has 0 aliphatic carbocycles. The normalized spacial score (nSPS) is 24.1. The molecule has 24 nitrogen and oxygen atoms in total. The lowest BCUT2D eigenvalue weighted by molar-refractivity contribution is -0.158. The van der Waals surface area contributed by atoms with Gasteiger partial charge < -0.3 is 70.4 Å². The number of ether oxygens (including phenoxy) is 5. The van der Waals surface area contributed by atoms with Crippen molar-refractivity contribution in [2.24, 2.45) is 23.5 Å². The van der Waals surface area contributed by atoms with E-state index in [0.717, 1.165) is 29.7 Å². The Hall–Kier alpha value is -6.37. The number of esters is 1. The fraction of sp³-hybridized carbons (Fsp3) is 0.590. The second-order valence-corrected chi connectivity index (χ2v) is 25.2. The number of hydrogen-bond donors (Lipinski definition) is 8. The summed E-state index contributed by atoms with van der Waals surface area (Å²) in [6.45, 7) is 9.96. The van der Waals surface area contributed by atoms with Gasteiger partial charge in [0.1, 0.15) is 53.1 Å². The van der Waals surface area contributed by atoms with E-state index in [1.54, 1.807) is 58.1 Å². The number of aliphatic hydroxyl groups is 1. The van der Waals surface area contributed by atoms with Gasteiger partial charge in [-0.2, -0.15) is 13.2 Å². The van der Waals surface area contributed by atoms with Crippen molar-refractivity contribution in [1.82, 2.24) is 31.5 Å². The predicted molar refractivity (Wildman–Crippen MR) is 339 cm³/mol. The number of amides is 8. The van der Waals surface area contributed by atoms with Crippen LogP contribution in [0.5, 0.6) is 5.75 Å². The second-order valence-electron chi connectivity index (χ2n) is 23.5. The molecule has 0 radical (unpaired) electrons. The number of fused-ring (bicyclic) bond motifs is 5. The molecule has 30 heteroatoms. The average Bonchev–Trinajstić information content (AvgIpc) is 1.58. The molecule has 11 atom stereocenters. The number of epoxide rings is 1. The smallest absolute Gasteiger partial charge is 0.418 e. The van der Waals surface area contributed by atoms with Crippen molar-refractivity contribution >= 4 is 109 Å². The van der Waals surface area contributed by atoms with Crippen LogP contribution in [0.15, 0.2) is 54.1 Å². The number of alkyl carbamates (subject to hydrolysis) is 1. The van der Waals surface area contributed by atoms with Crippen LogP contribution in [0.1, 0.15) is 108 Å². The number of rotatable bonds is 26. The van der Waals surface area contributed by atoms with Crippen molar-refractivity contribution in [1.29, 1.82) is 0 Å². The molecule has 8 amide bonds. The van der Waals surface area contributed by atoms with Gasteiger partial charge in [-0.15, -0.1) is 0 Å². The first-order chi connectivity index (χ1) is 42.8. The number of nitrogens with two attached hydrogens (primary N) is 1. The molecule has 504 valence electrons. The molecule has 2 aromatic carbocycles. The number of nitrogens with one attached hydrogen (secondary N) is 6. The topological polar surface area (TPSA) is 328 Å². The van der Waals surface area contributed by atoms with E-state index < -0.39 is 143 Å². The van der Waals surface area contributed by atoms with E-state index >= 15 is 13.2 Å². The number of allylic oxidation sites excluding steroid dienone is 3. The van der Waals surface area contributed by atoms with Gasteiger partial charge >= 0.3 is 24.3 Å². The van der Waals surface area contributed by atoms with Gasteiger partial charge in [0, 0.05) is 62.9 Å². The summed E-state index contributed by atoms with van der Waals surface area (Å²) in [5.74, 6) is -6.10. The molecule has 0 spiro atoms. The van der Waals surface area contributed by atoms with Crippen LogP contribution in [0.4, 0.5) is 34.1 Å². The SMILES string of the molecule is COc1cc2cc(c1Cl)N(C)C(=O)C[C@H](OC(=O)[C@H](C)N(C)C(=O)c1ccc(NC(=O)[C@H](CCCNC(N)=O)NC(=O)[C@@H](NC(C=O)CCCCNC(=O)C(CBr)CBr)C(C)C)c(C(F)(F)F)c1)[C@]1(C)O[C@H]1[C@H](C)[C@@H]1C[C@@](O)(NC(=O)O1)[C@H](OC)/C=C/C=C(\C)C2. The Balaban J connectivity index is 1.39. The number of anilines is 2. The summed E-state index contributed by atoms with van der Waals surface area (Å²) in [5, 5.41) is 28.4. The van der Waals surface area contributed by atoms with Crippen LogP contribution in [0, 0.1) is 17.8 Å². The van der Waals surface area contributed by atoms with Crippen LogP contribution in [0.25, 0.3) is 0 Å². The molecule has 2 saturated heterocycles. The maximum atomic E-state index is 15.1. The fourth-order valence-corrected chi connectivity index (χ4v) is 12.7. The van der Waals surface area contributed by atoms with E-state index in [-0.39, 0.29) is 60.5 Å². The molecule has 3 heterocycles. The lowest BCUT2D eigenvalue weighted by Crippen LogP contribution is -2.63. The van der Waals surface area contributed by atoms with Crippen LogP contribution in [0.3, 0.4) is 0 Å². The average molecular weight is 1430 g/mol. The number of unbranched alkanes of at least 4 members (excludes halogenated alkanes) is 1. The molecule has 3 aliphatic rings. The molecule has 0 aromatic heterocycles. The minimum atomic E-state index is -5.21. The number of carbonyl (C=O) groups is 9. The van der Waals surface area contributed by atoms with Gasteiger partial charge in [0.2, 0.25) is 23.6 Å². The fourth-order valence-electron chi connectivity index (χ4n) is 10.7. The van der Waals surface area contributed by atoms with Crippen LogP contribution in [-0.2, 0) is 60.3 Å². The predicted octanol–water partition coefficient (Wildman–Crippen LogP) is 6.59. The Morgan fingerprint density at radius 2 is 1.68 bits per heavy atom. The van der Waals surface area contributed by atoms with Crippen molar-refractivity contribution in [2.45, 2.75) is 159 Å². The number of nitrogens with zero attached hydrogens (tertiary/aromatic N) is 2. The van der Waals surface area contributed by atoms with Crippen molar-refractivity contribution in [3.8, 4) is 5.75 Å². The number of aldehydes is 1. The summed E-state index contributed by atoms with van der Waals surface area (Å²) < 4.78 is 74.6. The van der Waals surface area contributed by atoms with Crippen molar-refractivity contribution in [3.05, 3.63) is 75.8 Å². The van der Waals surface area contributed by atoms with Gasteiger partial charge in [-0.1, -0.05) is 88.0 Å². The van der Waals surface area contributed by atoms with Crippen molar-refractivity contribution in [3.63, 3.8) is 0 Å². The third-order valence-electron chi connectivity index (χ3n) is 16.4. The lowest BCUT2D eigenvalue weighted by atomic mass is 9.83. The standard InChI is InChI=1S/C61H83Br2ClF3N9O15/c1-32(2)50(71-39(31-77)16-11-12-21-69-52(79)38(29-62)30-63)54(81)73-42(17-14-22-70-57(68)84)53(80)72-41-20-19-37(26-40(41)61(65,66)67)55(82)75(7)35(5)56(83)90-47-27-48(78)76(8)43-24-36(25-44(87-9)49(43)64)23-33(3)15-13-18-46(88-10)60(86)28-45(89-58(85)74-60)34(4)51-59(47,6)91-51/h13,15,18-20,24-26,31-32,34-35,38-39,42,45-47,50-51,71,86H,11-12,14,16-17,21-23,27-30H2,1-10H3,(H,69,79)(H,72,80)(H,73,81)(H,74,85)(H3,68,70,84)/b18-13+,33-15+/t34-,35+,39?,42+,45+,46-,47+,50+,51+,59+,60+/m1/s1. The van der Waals surface area contributed by atoms with Crippen molar-refractivity contribution < 1.29 is 85.1 Å². The second kappa shape index (κ2) is 33.5. The molecule has 4 bridgehead atoms. The van der Waals surface area contributed by atoms with Gasteiger partial charge in [-0.3, -0.25) is 34.6 Å². The Morgan fingerprint density at radius 3 is 2.30 bits per heavy atom. The Bertz CT molecular complexity index is 3030. The third-order valence-corrected chi connectivity index (χ3v) is 18.3. The van der Waals surface area contributed by atoms with Crippen LogP contribution in [0.2, 0.25) is 5.02 Å². The number of halogens is 6. The molecular formula is C61H83Br2ClF3N9O15. The number of carbonyl (C=O) groups excluding carboxylic acids is 9. The number of alkyl halides is 5. The lowest BCUT2D eigenvalue weighted by Gasteiger charge is -2.42. The van der Waals surface area contributed by atoms with Crippen LogP contribution in [-0.4, -0.2) is 176 Å². The first kappa shape index (κ1) is 75.4. The number of methoxy groups -OCH3 is 2. The number of primary amides is 1. The zero-order chi connectivity index (χ0) is 67.9. The van der Waals surface area contributed by atoms with E-state index in [9.17, 15) is 48.3 Å². The monoisotopic (exact) mass is 1430 g/mol. The van der Waals surface area contributed by atoms with E-state index in [1.165, 1.54) is 33.1 Å². The Morgan fingerprint density at radius 1 is 1.00 bits per heavy atom. The van der Waals surface area contributed by atoms with Gasteiger partial charge in [0.15, 0.2) is 5.72 Å². The number of hydrogen-bond acceptors (Lipinski definition) is 16. The molecule has 0 saturated carbocycles. The number of benzene rings is 2.